The number of nitrogens with zero attached hydrogens (tertiary/aromatic N) is 2. The lowest BCUT2D eigenvalue weighted by Crippen LogP contribution is -2.44. The summed E-state index contributed by atoms with van der Waals surface area (Å²) in [5.74, 6) is -0.671. The zero-order chi connectivity index (χ0) is 26.0. The van der Waals surface area contributed by atoms with Crippen LogP contribution in [0, 0.1) is 6.92 Å². The molecule has 0 aromatic heterocycles. The molecule has 1 atom stereocenters. The number of carboxylic acid groups (broad SMARTS) is 1. The number of hydrogen-bond acceptors (Lipinski definition) is 6. The average molecular weight is 503 g/mol. The second-order valence-corrected chi connectivity index (χ2v) is 9.45. The van der Waals surface area contributed by atoms with Crippen molar-refractivity contribution in [2.75, 3.05) is 37.2 Å². The van der Waals surface area contributed by atoms with Crippen LogP contribution in [0.15, 0.2) is 53.9 Å². The summed E-state index contributed by atoms with van der Waals surface area (Å²) in [5.41, 5.74) is 6.31. The van der Waals surface area contributed by atoms with Crippen molar-refractivity contribution in [2.24, 2.45) is 5.10 Å². The molecule has 9 heteroatoms. The molecule has 1 unspecified atom stereocenters. The van der Waals surface area contributed by atoms with Gasteiger partial charge in [-0.25, -0.2) is 9.18 Å². The van der Waals surface area contributed by atoms with Gasteiger partial charge in [-0.2, -0.15) is 5.10 Å². The van der Waals surface area contributed by atoms with Gasteiger partial charge < -0.3 is 15.8 Å². The number of hydrazone groups is 1. The van der Waals surface area contributed by atoms with Gasteiger partial charge in [-0.1, -0.05) is 19.1 Å². The number of rotatable bonds is 7. The van der Waals surface area contributed by atoms with Gasteiger partial charge in [-0.15, -0.1) is 24.9 Å². The summed E-state index contributed by atoms with van der Waals surface area (Å²) in [5, 5.41) is 16.2. The van der Waals surface area contributed by atoms with E-state index in [0.29, 0.717) is 43.7 Å². The van der Waals surface area contributed by atoms with E-state index in [0.717, 1.165) is 29.0 Å². The Kier molecular flexibility index (Phi) is 11.2. The van der Waals surface area contributed by atoms with Crippen LogP contribution in [0.25, 0.3) is 0 Å². The number of benzene rings is 1. The second-order valence-electron chi connectivity index (χ2n) is 8.14. The molecule has 3 N–H and O–H groups in total. The molecule has 190 valence electrons. The number of thioether (sulfide) groups is 1. The van der Waals surface area contributed by atoms with E-state index in [4.69, 9.17) is 0 Å². The molecule has 2 heterocycles. The highest BCUT2D eigenvalue weighted by Gasteiger charge is 2.28. The normalized spacial score (nSPS) is 18.7. The number of carbonyl (C=O) groups excluding carboxylic acids is 1. The van der Waals surface area contributed by atoms with E-state index in [2.05, 4.69) is 33.9 Å². The number of amides is 1. The fraction of sp³-hybridized carbons (Fsp3) is 0.423. The van der Waals surface area contributed by atoms with E-state index in [9.17, 15) is 19.1 Å². The molecule has 1 saturated heterocycles. The lowest BCUT2D eigenvalue weighted by molar-refractivity contribution is -0.129. The van der Waals surface area contributed by atoms with Crippen molar-refractivity contribution in [3.63, 3.8) is 0 Å². The fourth-order valence-corrected chi connectivity index (χ4v) is 5.16. The third-order valence-corrected chi connectivity index (χ3v) is 6.98. The molecular weight excluding hydrogens is 467 g/mol. The largest absolute Gasteiger partial charge is 0.476 e. The predicted molar refractivity (Wildman–Crippen MR) is 143 cm³/mol. The van der Waals surface area contributed by atoms with Gasteiger partial charge in [-0.05, 0) is 55.5 Å². The molecule has 1 aromatic rings. The number of allylic oxidation sites excluding steroid dienone is 3. The molecule has 2 aliphatic rings. The van der Waals surface area contributed by atoms with Gasteiger partial charge in [0, 0.05) is 43.2 Å². The molecule has 0 bridgehead atoms. The maximum absolute atomic E-state index is 14.3. The Balaban J connectivity index is 0.00000210. The predicted octanol–water partition coefficient (Wildman–Crippen LogP) is 4.30. The number of aliphatic carboxylic acids is 1. The average Bonchev–Trinajstić information content (AvgIpc) is 3.06. The minimum Gasteiger partial charge on any atom is -0.476 e. The Hall–Kier alpha value is -2.91. The third kappa shape index (κ3) is 7.53. The van der Waals surface area contributed by atoms with Crippen LogP contribution in [0.4, 0.5) is 10.1 Å². The van der Waals surface area contributed by atoms with Gasteiger partial charge in [0.2, 0.25) is 5.91 Å². The van der Waals surface area contributed by atoms with E-state index in [1.54, 1.807) is 30.8 Å². The number of hydrogen-bond donors (Lipinski definition) is 3. The van der Waals surface area contributed by atoms with Crippen LogP contribution in [0.5, 0.6) is 0 Å². The SMILES string of the molecule is C/C=C\C(F)=C(/CC)CN1CCSC(C(=O)Nc2cc3c(cc2C)CCNN=C3C(=O)O)C1.C=C. The first kappa shape index (κ1) is 28.3. The lowest BCUT2D eigenvalue weighted by atomic mass is 9.97. The molecule has 7 nitrogen and oxygen atoms in total. The number of carboxylic acids is 1. The Morgan fingerprint density at radius 1 is 1.40 bits per heavy atom. The summed E-state index contributed by atoms with van der Waals surface area (Å²) in [4.78, 5) is 26.9. The molecule has 0 spiro atoms. The maximum Gasteiger partial charge on any atom is 0.356 e. The van der Waals surface area contributed by atoms with E-state index >= 15 is 0 Å². The van der Waals surface area contributed by atoms with Crippen molar-refractivity contribution in [1.82, 2.24) is 10.3 Å². The van der Waals surface area contributed by atoms with Crippen molar-refractivity contribution in [2.45, 2.75) is 38.9 Å². The van der Waals surface area contributed by atoms with E-state index in [-0.39, 0.29) is 22.7 Å². The quantitative estimate of drug-likeness (QED) is 0.380. The van der Waals surface area contributed by atoms with Crippen LogP contribution >= 0.6 is 11.8 Å². The highest BCUT2D eigenvalue weighted by molar-refractivity contribution is 8.00. The van der Waals surface area contributed by atoms with Crippen molar-refractivity contribution in [3.8, 4) is 0 Å². The Morgan fingerprint density at radius 3 is 2.80 bits per heavy atom. The summed E-state index contributed by atoms with van der Waals surface area (Å²) < 4.78 is 14.3. The number of anilines is 1. The molecule has 0 saturated carbocycles. The molecule has 0 aliphatic carbocycles. The number of carbonyl (C=O) groups is 2. The second kappa shape index (κ2) is 13.8. The van der Waals surface area contributed by atoms with Gasteiger partial charge in [0.25, 0.3) is 0 Å². The van der Waals surface area contributed by atoms with Crippen molar-refractivity contribution < 1.29 is 19.1 Å². The highest BCUT2D eigenvalue weighted by Crippen LogP contribution is 2.27. The molecule has 0 radical (unpaired) electrons. The first-order valence-electron chi connectivity index (χ1n) is 11.7. The van der Waals surface area contributed by atoms with Gasteiger partial charge >= 0.3 is 5.97 Å². The highest BCUT2D eigenvalue weighted by atomic mass is 32.2. The van der Waals surface area contributed by atoms with Crippen molar-refractivity contribution in [3.05, 3.63) is 65.5 Å². The van der Waals surface area contributed by atoms with Crippen LogP contribution < -0.4 is 10.7 Å². The standard InChI is InChI=1S/C24H31FN4O3S.C2H4/c1-4-6-19(25)16(5-2)13-29-9-10-33-21(14-29)23(30)27-20-12-18-17(11-15(20)3)7-8-26-28-22(18)24(31)32;1-2/h4,6,11-12,21,26H,5,7-10,13-14H2,1-3H3,(H,27,30)(H,31,32);1-2H2/b6-4-,19-16-;. The van der Waals surface area contributed by atoms with E-state index in [1.807, 2.05) is 19.9 Å². The third-order valence-electron chi connectivity index (χ3n) is 5.80. The minimum absolute atomic E-state index is 0.0572. The fourth-order valence-electron chi connectivity index (χ4n) is 3.99. The zero-order valence-corrected chi connectivity index (χ0v) is 21.5. The molecule has 2 aliphatic heterocycles. The number of fused-ring (bicyclic) bond motifs is 1. The summed E-state index contributed by atoms with van der Waals surface area (Å²) in [6.07, 6.45) is 4.43. The summed E-state index contributed by atoms with van der Waals surface area (Å²) in [6, 6.07) is 3.62. The summed E-state index contributed by atoms with van der Waals surface area (Å²) >= 11 is 1.59. The smallest absolute Gasteiger partial charge is 0.356 e. The zero-order valence-electron chi connectivity index (χ0n) is 20.7. The lowest BCUT2D eigenvalue weighted by Gasteiger charge is -2.32. The summed E-state index contributed by atoms with van der Waals surface area (Å²) in [6.45, 7) is 14.0. The number of halogens is 1. The van der Waals surface area contributed by atoms with E-state index in [1.165, 1.54) is 6.08 Å². The van der Waals surface area contributed by atoms with Crippen LogP contribution in [0.2, 0.25) is 0 Å². The monoisotopic (exact) mass is 502 g/mol. The van der Waals surface area contributed by atoms with Gasteiger partial charge in [0.1, 0.15) is 5.83 Å². The maximum atomic E-state index is 14.3. The van der Waals surface area contributed by atoms with Crippen molar-refractivity contribution >= 4 is 35.0 Å². The van der Waals surface area contributed by atoms with Crippen LogP contribution in [0.3, 0.4) is 0 Å². The molecular formula is C26H35FN4O3S. The molecule has 1 aromatic carbocycles. The topological polar surface area (TPSA) is 94.0 Å². The Morgan fingerprint density at radius 2 is 2.14 bits per heavy atom. The minimum atomic E-state index is -1.12. The first-order valence-corrected chi connectivity index (χ1v) is 12.7. The Labute approximate surface area is 211 Å². The van der Waals surface area contributed by atoms with Gasteiger partial charge in [0.05, 0.1) is 5.25 Å². The van der Waals surface area contributed by atoms with Gasteiger partial charge in [-0.3, -0.25) is 9.69 Å². The van der Waals surface area contributed by atoms with Crippen LogP contribution in [-0.2, 0) is 16.0 Å². The number of aryl methyl sites for hydroxylation is 1. The molecule has 35 heavy (non-hydrogen) atoms. The van der Waals surface area contributed by atoms with Gasteiger partial charge in [0.15, 0.2) is 5.71 Å². The molecule has 3 rings (SSSR count). The van der Waals surface area contributed by atoms with E-state index < -0.39 is 5.97 Å². The Bertz CT molecular complexity index is 1020. The van der Waals surface area contributed by atoms with Crippen LogP contribution in [-0.4, -0.2) is 64.8 Å². The van der Waals surface area contributed by atoms with Crippen LogP contribution in [0.1, 0.15) is 37.0 Å². The van der Waals surface area contributed by atoms with Crippen molar-refractivity contribution in [1.29, 1.82) is 0 Å². The molecule has 1 fully saturated rings. The molecule has 1 amide bonds. The first-order chi connectivity index (χ1) is 16.8. The summed E-state index contributed by atoms with van der Waals surface area (Å²) in [7, 11) is 0. The number of nitrogens with one attached hydrogen (secondary N) is 2.